The number of aromatic amines is 2. The van der Waals surface area contributed by atoms with Gasteiger partial charge >= 0.3 is 0 Å². The number of benzene rings is 3. The van der Waals surface area contributed by atoms with E-state index in [1.807, 2.05) is 30.5 Å². The third-order valence-corrected chi connectivity index (χ3v) is 8.89. The topological polar surface area (TPSA) is 70.2 Å². The van der Waals surface area contributed by atoms with Crippen molar-refractivity contribution in [3.63, 3.8) is 0 Å². The van der Waals surface area contributed by atoms with Crippen LogP contribution in [0.3, 0.4) is 0 Å². The number of nitrogens with zero attached hydrogens (tertiary/aromatic N) is 3. The van der Waals surface area contributed by atoms with Crippen molar-refractivity contribution in [2.75, 3.05) is 0 Å². The van der Waals surface area contributed by atoms with Crippen LogP contribution < -0.4 is 0 Å². The molecule has 9 rings (SSSR count). The molecule has 0 saturated carbocycles. The Morgan fingerprint density at radius 3 is 1.00 bits per heavy atom. The fourth-order valence-electron chi connectivity index (χ4n) is 6.75. The maximum Gasteiger partial charge on any atom is 0.0737 e. The van der Waals surface area contributed by atoms with Crippen molar-refractivity contribution in [1.29, 1.82) is 0 Å². The molecule has 2 N–H and O–H groups in total. The quantitative estimate of drug-likeness (QED) is 0.207. The smallest absolute Gasteiger partial charge is 0.0737 e. The van der Waals surface area contributed by atoms with E-state index in [1.165, 1.54) is 0 Å². The van der Waals surface area contributed by atoms with Crippen LogP contribution >= 0.6 is 0 Å². The van der Waals surface area contributed by atoms with E-state index in [4.69, 9.17) is 9.97 Å². The molecular formula is C43H29N5. The first-order valence-corrected chi connectivity index (χ1v) is 16.0. The lowest BCUT2D eigenvalue weighted by molar-refractivity contribution is 1.29. The van der Waals surface area contributed by atoms with E-state index in [9.17, 15) is 0 Å². The first kappa shape index (κ1) is 27.7. The number of fused-ring (bicyclic) bond motifs is 8. The van der Waals surface area contributed by atoms with Crippen molar-refractivity contribution in [2.24, 2.45) is 0 Å². The summed E-state index contributed by atoms with van der Waals surface area (Å²) < 4.78 is 0. The molecule has 0 atom stereocenters. The molecule has 0 radical (unpaired) electrons. The second-order valence-corrected chi connectivity index (χ2v) is 11.8. The average Bonchev–Trinajstić information content (AvgIpc) is 3.98. The van der Waals surface area contributed by atoms with E-state index in [1.54, 1.807) is 6.20 Å². The normalized spacial score (nSPS) is 12.0. The van der Waals surface area contributed by atoms with E-state index in [2.05, 4.69) is 142 Å². The van der Waals surface area contributed by atoms with Crippen LogP contribution in [0.15, 0.2) is 140 Å². The Balaban J connectivity index is 1.49. The maximum atomic E-state index is 5.34. The van der Waals surface area contributed by atoms with E-state index in [0.717, 1.165) is 89.4 Å². The van der Waals surface area contributed by atoms with Crippen molar-refractivity contribution < 1.29 is 0 Å². The first-order valence-electron chi connectivity index (χ1n) is 16.0. The maximum absolute atomic E-state index is 5.34. The Morgan fingerprint density at radius 2 is 0.667 bits per heavy atom. The monoisotopic (exact) mass is 615 g/mol. The van der Waals surface area contributed by atoms with Crippen LogP contribution in [0.1, 0.15) is 22.8 Å². The molecule has 48 heavy (non-hydrogen) atoms. The summed E-state index contributed by atoms with van der Waals surface area (Å²) in [5.41, 5.74) is 15.8. The standard InChI is InChI=1S/C43H29N5/c1-4-11-28(12-5-1)40-32-18-20-34(45-32)41(29-13-6-2-7-14-29)36-22-24-38(47-36)43(31-17-10-26-44-27-31)39-25-23-37(48-39)42(30-15-8-3-9-16-30)35-21-19-33(40)46-35/h1-27,45,48H. The first-order chi connectivity index (χ1) is 23.8. The van der Waals surface area contributed by atoms with Crippen LogP contribution in [0, 0.1) is 0 Å². The molecule has 0 saturated heterocycles. The number of hydrogen-bond acceptors (Lipinski definition) is 3. The number of pyridine rings is 1. The fraction of sp³-hybridized carbons (Fsp3) is 0. The van der Waals surface area contributed by atoms with Gasteiger partial charge in [-0.1, -0.05) is 97.1 Å². The highest BCUT2D eigenvalue weighted by molar-refractivity contribution is 5.99. The molecule has 226 valence electrons. The minimum atomic E-state index is 0.866. The number of aromatic nitrogens is 5. The molecule has 2 aliphatic heterocycles. The largest absolute Gasteiger partial charge is 0.354 e. The summed E-state index contributed by atoms with van der Waals surface area (Å²) in [6, 6.07) is 44.0. The van der Waals surface area contributed by atoms with Gasteiger partial charge < -0.3 is 9.97 Å². The van der Waals surface area contributed by atoms with Crippen LogP contribution in [0.5, 0.6) is 0 Å². The molecule has 0 amide bonds. The van der Waals surface area contributed by atoms with Gasteiger partial charge in [-0.25, -0.2) is 9.97 Å². The number of nitrogens with one attached hydrogen (secondary N) is 2. The zero-order valence-electron chi connectivity index (χ0n) is 25.9. The van der Waals surface area contributed by atoms with Gasteiger partial charge in [0.25, 0.3) is 0 Å². The van der Waals surface area contributed by atoms with Gasteiger partial charge in [-0.3, -0.25) is 4.98 Å². The second-order valence-electron chi connectivity index (χ2n) is 11.8. The zero-order chi connectivity index (χ0) is 31.9. The Labute approximate surface area is 277 Å². The van der Waals surface area contributed by atoms with Gasteiger partial charge in [0.1, 0.15) is 0 Å². The SMILES string of the molecule is C1=Cc2nc1c(-c1ccccc1)c1ccc([nH]1)c(-c1ccccc1)c1nc(c(-c3cccnc3)c3ccc([nH]3)c2-c2ccccc2)C=C1. The Kier molecular flexibility index (Phi) is 6.72. The molecule has 6 heterocycles. The summed E-state index contributed by atoms with van der Waals surface area (Å²) in [5.74, 6) is 0. The van der Waals surface area contributed by atoms with Crippen LogP contribution in [0.4, 0.5) is 0 Å². The highest BCUT2D eigenvalue weighted by atomic mass is 14.8. The van der Waals surface area contributed by atoms with Crippen LogP contribution in [-0.2, 0) is 0 Å². The molecule has 0 spiro atoms. The van der Waals surface area contributed by atoms with Crippen LogP contribution in [0.2, 0.25) is 0 Å². The summed E-state index contributed by atoms with van der Waals surface area (Å²) in [7, 11) is 0. The molecular weight excluding hydrogens is 587 g/mol. The summed E-state index contributed by atoms with van der Waals surface area (Å²) in [4.78, 5) is 22.7. The summed E-state index contributed by atoms with van der Waals surface area (Å²) in [5, 5.41) is 0. The Morgan fingerprint density at radius 1 is 0.333 bits per heavy atom. The lowest BCUT2D eigenvalue weighted by Crippen LogP contribution is -1.89. The fourth-order valence-corrected chi connectivity index (χ4v) is 6.75. The van der Waals surface area contributed by atoms with Crippen molar-refractivity contribution >= 4 is 46.4 Å². The van der Waals surface area contributed by atoms with Crippen molar-refractivity contribution in [3.8, 4) is 44.5 Å². The minimum absolute atomic E-state index is 0.866. The molecule has 0 fully saturated rings. The molecule has 0 aliphatic carbocycles. The molecule has 4 aromatic heterocycles. The summed E-state index contributed by atoms with van der Waals surface area (Å²) >= 11 is 0. The third-order valence-electron chi connectivity index (χ3n) is 8.89. The van der Waals surface area contributed by atoms with Gasteiger partial charge in [0.2, 0.25) is 0 Å². The lowest BCUT2D eigenvalue weighted by Gasteiger charge is -2.06. The van der Waals surface area contributed by atoms with Gasteiger partial charge in [0.15, 0.2) is 0 Å². The highest BCUT2D eigenvalue weighted by Gasteiger charge is 2.18. The molecule has 5 heteroatoms. The van der Waals surface area contributed by atoms with Crippen molar-refractivity contribution in [2.45, 2.75) is 0 Å². The zero-order valence-corrected chi connectivity index (χ0v) is 25.9. The number of rotatable bonds is 4. The Hall–Kier alpha value is -6.59. The van der Waals surface area contributed by atoms with Gasteiger partial charge in [-0.05, 0) is 71.3 Å². The van der Waals surface area contributed by atoms with Gasteiger partial charge in [0, 0.05) is 62.3 Å². The predicted molar refractivity (Wildman–Crippen MR) is 198 cm³/mol. The molecule has 8 bridgehead atoms. The molecule has 7 aromatic rings. The third kappa shape index (κ3) is 4.86. The van der Waals surface area contributed by atoms with Crippen LogP contribution in [-0.4, -0.2) is 24.9 Å². The van der Waals surface area contributed by atoms with Gasteiger partial charge in [0.05, 0.1) is 22.8 Å². The Bertz CT molecular complexity index is 2180. The molecule has 5 nitrogen and oxygen atoms in total. The number of hydrogen-bond donors (Lipinski definition) is 2. The number of H-pyrrole nitrogens is 2. The van der Waals surface area contributed by atoms with Crippen molar-refractivity contribution in [3.05, 3.63) is 163 Å². The van der Waals surface area contributed by atoms with Gasteiger partial charge in [-0.15, -0.1) is 0 Å². The molecule has 3 aromatic carbocycles. The predicted octanol–water partition coefficient (Wildman–Crippen LogP) is 10.7. The average molecular weight is 616 g/mol. The summed E-state index contributed by atoms with van der Waals surface area (Å²) in [6.07, 6.45) is 12.2. The highest BCUT2D eigenvalue weighted by Crippen LogP contribution is 2.38. The minimum Gasteiger partial charge on any atom is -0.354 e. The molecule has 0 unspecified atom stereocenters. The van der Waals surface area contributed by atoms with Gasteiger partial charge in [-0.2, -0.15) is 0 Å². The van der Waals surface area contributed by atoms with E-state index >= 15 is 0 Å². The van der Waals surface area contributed by atoms with E-state index in [-0.39, 0.29) is 0 Å². The second kappa shape index (κ2) is 11.6. The van der Waals surface area contributed by atoms with E-state index < -0.39 is 0 Å². The lowest BCUT2D eigenvalue weighted by atomic mass is 10.0. The van der Waals surface area contributed by atoms with Crippen LogP contribution in [0.25, 0.3) is 90.9 Å². The van der Waals surface area contributed by atoms with E-state index in [0.29, 0.717) is 0 Å². The van der Waals surface area contributed by atoms with Crippen molar-refractivity contribution in [1.82, 2.24) is 24.9 Å². The molecule has 2 aliphatic rings. The summed E-state index contributed by atoms with van der Waals surface area (Å²) in [6.45, 7) is 0.